The minimum atomic E-state index is -0.202. The maximum absolute atomic E-state index is 11.0. The number of hydrogen-bond acceptors (Lipinski definition) is 3. The zero-order valence-corrected chi connectivity index (χ0v) is 9.86. The summed E-state index contributed by atoms with van der Waals surface area (Å²) in [5.41, 5.74) is 2.39. The van der Waals surface area contributed by atoms with Crippen molar-refractivity contribution in [2.75, 3.05) is 7.11 Å². The van der Waals surface area contributed by atoms with E-state index in [4.69, 9.17) is 9.47 Å². The van der Waals surface area contributed by atoms with E-state index in [1.807, 2.05) is 0 Å². The number of fused-ring (bicyclic) bond motifs is 1. The predicted molar refractivity (Wildman–Crippen MR) is 61.0 cm³/mol. The maximum atomic E-state index is 11.0. The molecule has 0 radical (unpaired) electrons. The molecule has 0 spiro atoms. The summed E-state index contributed by atoms with van der Waals surface area (Å²) in [5, 5.41) is 0. The fourth-order valence-corrected chi connectivity index (χ4v) is 2.53. The van der Waals surface area contributed by atoms with Gasteiger partial charge in [-0.25, -0.2) is 0 Å². The number of ether oxygens (including phenoxy) is 2. The van der Waals surface area contributed by atoms with E-state index < -0.39 is 0 Å². The normalized spacial score (nSPS) is 28.9. The lowest BCUT2D eigenvalue weighted by molar-refractivity contribution is -0.145. The second-order valence-electron chi connectivity index (χ2n) is 4.30. The molecule has 88 valence electrons. The molecule has 2 atom stereocenters. The minimum absolute atomic E-state index is 0.0598. The smallest absolute Gasteiger partial charge is 0.303 e. The van der Waals surface area contributed by atoms with Crippen LogP contribution in [0, 0.1) is 0 Å². The Morgan fingerprint density at radius 2 is 1.75 bits per heavy atom. The van der Waals surface area contributed by atoms with Gasteiger partial charge in [0.2, 0.25) is 0 Å². The van der Waals surface area contributed by atoms with Gasteiger partial charge in [-0.1, -0.05) is 12.2 Å². The molecule has 2 aliphatic carbocycles. The molecule has 0 aromatic heterocycles. The van der Waals surface area contributed by atoms with Crippen molar-refractivity contribution in [3.05, 3.63) is 23.3 Å². The van der Waals surface area contributed by atoms with Gasteiger partial charge >= 0.3 is 5.97 Å². The van der Waals surface area contributed by atoms with Crippen LogP contribution >= 0.6 is 0 Å². The molecule has 0 bridgehead atoms. The van der Waals surface area contributed by atoms with Gasteiger partial charge in [-0.15, -0.1) is 0 Å². The average molecular weight is 222 g/mol. The quantitative estimate of drug-likeness (QED) is 0.673. The highest BCUT2D eigenvalue weighted by Gasteiger charge is 2.32. The Morgan fingerprint density at radius 1 is 1.19 bits per heavy atom. The van der Waals surface area contributed by atoms with Crippen LogP contribution in [0.2, 0.25) is 0 Å². The zero-order valence-electron chi connectivity index (χ0n) is 9.86. The van der Waals surface area contributed by atoms with Crippen LogP contribution in [-0.4, -0.2) is 25.3 Å². The van der Waals surface area contributed by atoms with Crippen LogP contribution in [0.25, 0.3) is 0 Å². The Balaban J connectivity index is 2.18. The molecule has 3 heteroatoms. The molecule has 0 saturated heterocycles. The summed E-state index contributed by atoms with van der Waals surface area (Å²) in [4.78, 5) is 11.0. The van der Waals surface area contributed by atoms with Crippen LogP contribution in [0.5, 0.6) is 0 Å². The van der Waals surface area contributed by atoms with Gasteiger partial charge in [0, 0.05) is 14.0 Å². The number of carbonyl (C=O) groups is 1. The van der Waals surface area contributed by atoms with E-state index in [2.05, 4.69) is 12.2 Å². The molecule has 1 saturated carbocycles. The first-order chi connectivity index (χ1) is 7.72. The second-order valence-corrected chi connectivity index (χ2v) is 4.30. The summed E-state index contributed by atoms with van der Waals surface area (Å²) in [5.74, 6) is -0.202. The SMILES string of the molecule is COC1CCC(OC(C)=O)C2=CCCC=C21. The van der Waals surface area contributed by atoms with E-state index in [0.29, 0.717) is 0 Å². The van der Waals surface area contributed by atoms with Crippen LogP contribution in [0.15, 0.2) is 23.3 Å². The number of rotatable bonds is 2. The Kier molecular flexibility index (Phi) is 3.44. The molecule has 3 nitrogen and oxygen atoms in total. The van der Waals surface area contributed by atoms with Crippen molar-refractivity contribution in [2.45, 2.75) is 44.8 Å². The monoisotopic (exact) mass is 222 g/mol. The van der Waals surface area contributed by atoms with Gasteiger partial charge in [-0.05, 0) is 36.8 Å². The maximum Gasteiger partial charge on any atom is 0.303 e. The highest BCUT2D eigenvalue weighted by atomic mass is 16.5. The lowest BCUT2D eigenvalue weighted by atomic mass is 9.81. The van der Waals surface area contributed by atoms with Crippen molar-refractivity contribution in [2.24, 2.45) is 0 Å². The average Bonchev–Trinajstić information content (AvgIpc) is 2.29. The standard InChI is InChI=1S/C13H18O3/c1-9(14)16-13-8-7-12(15-2)10-5-3-4-6-11(10)13/h5-6,12-13H,3-4,7-8H2,1-2H3. The molecule has 2 rings (SSSR count). The Bertz CT molecular complexity index is 341. The van der Waals surface area contributed by atoms with Gasteiger partial charge in [0.1, 0.15) is 6.10 Å². The molecule has 0 aromatic carbocycles. The highest BCUT2D eigenvalue weighted by Crippen LogP contribution is 2.36. The van der Waals surface area contributed by atoms with E-state index in [-0.39, 0.29) is 18.2 Å². The van der Waals surface area contributed by atoms with Crippen LogP contribution < -0.4 is 0 Å². The van der Waals surface area contributed by atoms with Gasteiger partial charge in [0.05, 0.1) is 6.10 Å². The molecular weight excluding hydrogens is 204 g/mol. The third kappa shape index (κ3) is 2.19. The largest absolute Gasteiger partial charge is 0.458 e. The van der Waals surface area contributed by atoms with Crippen LogP contribution in [0.3, 0.4) is 0 Å². The van der Waals surface area contributed by atoms with E-state index in [1.54, 1.807) is 7.11 Å². The van der Waals surface area contributed by atoms with Crippen molar-refractivity contribution in [3.8, 4) is 0 Å². The summed E-state index contributed by atoms with van der Waals surface area (Å²) in [6, 6.07) is 0. The van der Waals surface area contributed by atoms with Gasteiger partial charge in [0.25, 0.3) is 0 Å². The molecular formula is C13H18O3. The first-order valence-electron chi connectivity index (χ1n) is 5.83. The van der Waals surface area contributed by atoms with Crippen molar-refractivity contribution in [3.63, 3.8) is 0 Å². The fraction of sp³-hybridized carbons (Fsp3) is 0.615. The summed E-state index contributed by atoms with van der Waals surface area (Å²) in [7, 11) is 1.74. The first kappa shape index (κ1) is 11.4. The van der Waals surface area contributed by atoms with Gasteiger partial charge in [-0.3, -0.25) is 4.79 Å². The number of hydrogen-bond donors (Lipinski definition) is 0. The number of esters is 1. The molecule has 2 unspecified atom stereocenters. The van der Waals surface area contributed by atoms with E-state index in [9.17, 15) is 4.79 Å². The summed E-state index contributed by atoms with van der Waals surface area (Å²) in [6.07, 6.45) is 8.42. The zero-order chi connectivity index (χ0) is 11.5. The third-order valence-electron chi connectivity index (χ3n) is 3.21. The predicted octanol–water partition coefficient (Wildman–Crippen LogP) is 2.37. The van der Waals surface area contributed by atoms with Crippen LogP contribution in [0.1, 0.15) is 32.6 Å². The van der Waals surface area contributed by atoms with Crippen molar-refractivity contribution >= 4 is 5.97 Å². The Labute approximate surface area is 96.1 Å². The van der Waals surface area contributed by atoms with E-state index in [0.717, 1.165) is 25.7 Å². The van der Waals surface area contributed by atoms with Crippen molar-refractivity contribution < 1.29 is 14.3 Å². The van der Waals surface area contributed by atoms with Gasteiger partial charge < -0.3 is 9.47 Å². The van der Waals surface area contributed by atoms with Crippen molar-refractivity contribution in [1.82, 2.24) is 0 Å². The first-order valence-corrected chi connectivity index (χ1v) is 5.83. The topological polar surface area (TPSA) is 35.5 Å². The minimum Gasteiger partial charge on any atom is -0.458 e. The third-order valence-corrected chi connectivity index (χ3v) is 3.21. The fourth-order valence-electron chi connectivity index (χ4n) is 2.53. The second kappa shape index (κ2) is 4.83. The summed E-state index contributed by atoms with van der Waals surface area (Å²) in [6.45, 7) is 1.47. The molecule has 0 aliphatic heterocycles. The number of methoxy groups -OCH3 is 1. The molecule has 1 fully saturated rings. The molecule has 0 heterocycles. The molecule has 0 aromatic rings. The lowest BCUT2D eigenvalue weighted by Crippen LogP contribution is -2.32. The van der Waals surface area contributed by atoms with Crippen LogP contribution in [-0.2, 0) is 14.3 Å². The highest BCUT2D eigenvalue weighted by molar-refractivity contribution is 5.67. The number of carbonyl (C=O) groups excluding carboxylic acids is 1. The lowest BCUT2D eigenvalue weighted by Gasteiger charge is -2.34. The van der Waals surface area contributed by atoms with Crippen LogP contribution in [0.4, 0.5) is 0 Å². The Morgan fingerprint density at radius 3 is 2.31 bits per heavy atom. The van der Waals surface area contributed by atoms with Gasteiger partial charge in [0.15, 0.2) is 0 Å². The Hall–Kier alpha value is -1.09. The molecule has 16 heavy (non-hydrogen) atoms. The van der Waals surface area contributed by atoms with E-state index >= 15 is 0 Å². The summed E-state index contributed by atoms with van der Waals surface area (Å²) >= 11 is 0. The number of allylic oxidation sites excluding steroid dienone is 2. The summed E-state index contributed by atoms with van der Waals surface area (Å²) < 4.78 is 10.8. The van der Waals surface area contributed by atoms with E-state index in [1.165, 1.54) is 18.1 Å². The van der Waals surface area contributed by atoms with Gasteiger partial charge in [-0.2, -0.15) is 0 Å². The molecule has 0 amide bonds. The molecule has 2 aliphatic rings. The van der Waals surface area contributed by atoms with Crippen molar-refractivity contribution in [1.29, 1.82) is 0 Å². The molecule has 0 N–H and O–H groups in total.